The fourth-order valence-electron chi connectivity index (χ4n) is 2.87. The van der Waals surface area contributed by atoms with E-state index in [1.54, 1.807) is 6.07 Å². The molecule has 114 valence electrons. The summed E-state index contributed by atoms with van der Waals surface area (Å²) in [6.45, 7) is 0. The fourth-order valence-corrected chi connectivity index (χ4v) is 2.87. The molecule has 0 saturated heterocycles. The van der Waals surface area contributed by atoms with Crippen molar-refractivity contribution < 1.29 is 14.3 Å². The van der Waals surface area contributed by atoms with E-state index in [1.165, 1.54) is 29.3 Å². The van der Waals surface area contributed by atoms with Gasteiger partial charge in [0.05, 0.1) is 12.5 Å². The number of aliphatic hydroxyl groups excluding tert-OH is 1. The summed E-state index contributed by atoms with van der Waals surface area (Å²) < 4.78 is 13.1. The average molecular weight is 299 g/mol. The molecule has 0 fully saturated rings. The zero-order valence-corrected chi connectivity index (χ0v) is 12.2. The highest BCUT2D eigenvalue weighted by Gasteiger charge is 2.15. The third kappa shape index (κ3) is 3.34. The largest absolute Gasteiger partial charge is 0.388 e. The van der Waals surface area contributed by atoms with Crippen LogP contribution in [-0.2, 0) is 17.6 Å². The summed E-state index contributed by atoms with van der Waals surface area (Å²) in [5.74, 6) is -0.703. The molecule has 3 rings (SSSR count). The number of nitrogens with one attached hydrogen (secondary N) is 1. The molecular formula is C18H18FNO2. The number of rotatable bonds is 4. The van der Waals surface area contributed by atoms with Crippen LogP contribution in [0.3, 0.4) is 0 Å². The molecule has 1 amide bonds. The first kappa shape index (κ1) is 14.7. The summed E-state index contributed by atoms with van der Waals surface area (Å²) in [6, 6.07) is 11.6. The van der Waals surface area contributed by atoms with Crippen molar-refractivity contribution in [1.29, 1.82) is 0 Å². The Kier molecular flexibility index (Phi) is 4.20. The van der Waals surface area contributed by atoms with E-state index in [4.69, 9.17) is 0 Å². The summed E-state index contributed by atoms with van der Waals surface area (Å²) in [4.78, 5) is 12.0. The molecule has 3 nitrogen and oxygen atoms in total. The summed E-state index contributed by atoms with van der Waals surface area (Å²) in [5.41, 5.74) is 3.78. The Morgan fingerprint density at radius 1 is 1.18 bits per heavy atom. The number of fused-ring (bicyclic) bond motifs is 1. The molecule has 1 atom stereocenters. The Bertz CT molecular complexity index is 699. The number of carbonyl (C=O) groups is 1. The van der Waals surface area contributed by atoms with Crippen LogP contribution < -0.4 is 5.32 Å². The van der Waals surface area contributed by atoms with E-state index >= 15 is 0 Å². The zero-order chi connectivity index (χ0) is 15.5. The lowest BCUT2D eigenvalue weighted by atomic mass is 10.1. The molecule has 1 aliphatic rings. The highest BCUT2D eigenvalue weighted by Crippen LogP contribution is 2.25. The lowest BCUT2D eigenvalue weighted by Gasteiger charge is -2.12. The van der Waals surface area contributed by atoms with Crippen LogP contribution >= 0.6 is 0 Å². The van der Waals surface area contributed by atoms with E-state index in [0.717, 1.165) is 24.9 Å². The van der Waals surface area contributed by atoms with Gasteiger partial charge in [-0.2, -0.15) is 0 Å². The van der Waals surface area contributed by atoms with Crippen LogP contribution in [0.5, 0.6) is 0 Å². The third-order valence-electron chi connectivity index (χ3n) is 3.99. The molecule has 2 aromatic rings. The predicted octanol–water partition coefficient (Wildman–Crippen LogP) is 3.38. The van der Waals surface area contributed by atoms with Gasteiger partial charge in [-0.1, -0.05) is 18.2 Å². The van der Waals surface area contributed by atoms with Crippen molar-refractivity contribution in [2.45, 2.75) is 31.8 Å². The van der Waals surface area contributed by atoms with Crippen LogP contribution in [0.1, 0.15) is 35.6 Å². The van der Waals surface area contributed by atoms with E-state index in [0.29, 0.717) is 5.56 Å². The molecule has 4 heteroatoms. The summed E-state index contributed by atoms with van der Waals surface area (Å²) >= 11 is 0. The quantitative estimate of drug-likeness (QED) is 0.909. The maximum Gasteiger partial charge on any atom is 0.227 e. The zero-order valence-electron chi connectivity index (χ0n) is 12.2. The van der Waals surface area contributed by atoms with Gasteiger partial charge >= 0.3 is 0 Å². The Labute approximate surface area is 128 Å². The summed E-state index contributed by atoms with van der Waals surface area (Å²) in [7, 11) is 0. The normalized spacial score (nSPS) is 14.5. The lowest BCUT2D eigenvalue weighted by Crippen LogP contribution is -2.15. The minimum Gasteiger partial charge on any atom is -0.388 e. The van der Waals surface area contributed by atoms with Crippen molar-refractivity contribution in [2.75, 3.05) is 5.32 Å². The number of hydrogen-bond acceptors (Lipinski definition) is 2. The van der Waals surface area contributed by atoms with Crippen LogP contribution in [0.2, 0.25) is 0 Å². The highest BCUT2D eigenvalue weighted by atomic mass is 19.1. The second-order valence-corrected chi connectivity index (χ2v) is 5.66. The van der Waals surface area contributed by atoms with Gasteiger partial charge < -0.3 is 10.4 Å². The van der Waals surface area contributed by atoms with Crippen molar-refractivity contribution in [3.8, 4) is 0 Å². The van der Waals surface area contributed by atoms with Crippen LogP contribution in [-0.4, -0.2) is 11.0 Å². The maximum atomic E-state index is 13.1. The number of aliphatic hydroxyl groups is 1. The van der Waals surface area contributed by atoms with Crippen LogP contribution in [0.15, 0.2) is 42.5 Å². The minimum absolute atomic E-state index is 0.0967. The van der Waals surface area contributed by atoms with Crippen molar-refractivity contribution in [1.82, 2.24) is 0 Å². The van der Waals surface area contributed by atoms with E-state index in [2.05, 4.69) is 5.32 Å². The molecule has 0 radical (unpaired) electrons. The van der Waals surface area contributed by atoms with E-state index in [-0.39, 0.29) is 12.3 Å². The molecule has 0 heterocycles. The van der Waals surface area contributed by atoms with Crippen molar-refractivity contribution in [3.05, 3.63) is 65.0 Å². The van der Waals surface area contributed by atoms with Crippen LogP contribution in [0.25, 0.3) is 0 Å². The molecule has 0 aromatic heterocycles. The molecule has 0 bridgehead atoms. The second-order valence-electron chi connectivity index (χ2n) is 5.66. The van der Waals surface area contributed by atoms with Gasteiger partial charge in [0.2, 0.25) is 5.91 Å². The number of benzene rings is 2. The summed E-state index contributed by atoms with van der Waals surface area (Å²) in [6.07, 6.45) is 2.20. The SMILES string of the molecule is O=C(CC(O)c1cccc(F)c1)Nc1ccc2c(c1)CCC2. The van der Waals surface area contributed by atoms with Gasteiger partial charge in [-0.05, 0) is 60.2 Å². The number of aryl methyl sites for hydroxylation is 2. The van der Waals surface area contributed by atoms with E-state index in [9.17, 15) is 14.3 Å². The van der Waals surface area contributed by atoms with Gasteiger partial charge in [0.15, 0.2) is 0 Å². The predicted molar refractivity (Wildman–Crippen MR) is 83.1 cm³/mol. The number of anilines is 1. The Balaban J connectivity index is 1.62. The van der Waals surface area contributed by atoms with Gasteiger partial charge in [-0.25, -0.2) is 4.39 Å². The fraction of sp³-hybridized carbons (Fsp3) is 0.278. The van der Waals surface area contributed by atoms with E-state index in [1.807, 2.05) is 18.2 Å². The molecule has 0 aliphatic heterocycles. The minimum atomic E-state index is -1.01. The standard InChI is InChI=1S/C18H18FNO2/c19-15-6-2-5-14(9-15)17(21)11-18(22)20-16-8-7-12-3-1-4-13(12)10-16/h2,5-10,17,21H,1,3-4,11H2,(H,20,22). The number of halogens is 1. The molecular weight excluding hydrogens is 281 g/mol. The van der Waals surface area contributed by atoms with Gasteiger partial charge in [-0.3, -0.25) is 4.79 Å². The number of hydrogen-bond donors (Lipinski definition) is 2. The second kappa shape index (κ2) is 6.28. The first-order valence-electron chi connectivity index (χ1n) is 7.47. The maximum absolute atomic E-state index is 13.1. The van der Waals surface area contributed by atoms with Gasteiger partial charge in [0.25, 0.3) is 0 Å². The highest BCUT2D eigenvalue weighted by molar-refractivity contribution is 5.91. The molecule has 0 spiro atoms. The molecule has 2 aromatic carbocycles. The first-order valence-corrected chi connectivity index (χ1v) is 7.47. The smallest absolute Gasteiger partial charge is 0.227 e. The van der Waals surface area contributed by atoms with Crippen LogP contribution in [0, 0.1) is 5.82 Å². The topological polar surface area (TPSA) is 49.3 Å². The molecule has 1 unspecified atom stereocenters. The molecule has 0 saturated carbocycles. The number of carbonyl (C=O) groups excluding carboxylic acids is 1. The molecule has 22 heavy (non-hydrogen) atoms. The van der Waals surface area contributed by atoms with Crippen LogP contribution in [0.4, 0.5) is 10.1 Å². The van der Waals surface area contributed by atoms with Crippen molar-refractivity contribution in [3.63, 3.8) is 0 Å². The Hall–Kier alpha value is -2.20. The van der Waals surface area contributed by atoms with Crippen molar-refractivity contribution in [2.24, 2.45) is 0 Å². The lowest BCUT2D eigenvalue weighted by molar-refractivity contribution is -0.118. The van der Waals surface area contributed by atoms with Crippen molar-refractivity contribution >= 4 is 11.6 Å². The monoisotopic (exact) mass is 299 g/mol. The Morgan fingerprint density at radius 3 is 2.82 bits per heavy atom. The number of amides is 1. The first-order chi connectivity index (χ1) is 10.6. The van der Waals surface area contributed by atoms with Gasteiger partial charge in [0.1, 0.15) is 5.82 Å². The molecule has 2 N–H and O–H groups in total. The van der Waals surface area contributed by atoms with E-state index < -0.39 is 11.9 Å². The van der Waals surface area contributed by atoms with Gasteiger partial charge in [-0.15, -0.1) is 0 Å². The Morgan fingerprint density at radius 2 is 2.00 bits per heavy atom. The average Bonchev–Trinajstić information content (AvgIpc) is 2.94. The van der Waals surface area contributed by atoms with Gasteiger partial charge in [0, 0.05) is 5.69 Å². The summed E-state index contributed by atoms with van der Waals surface area (Å²) in [5, 5.41) is 12.8. The molecule has 1 aliphatic carbocycles. The third-order valence-corrected chi connectivity index (χ3v) is 3.99.